The van der Waals surface area contributed by atoms with Crippen LogP contribution in [0.4, 0.5) is 5.69 Å². The van der Waals surface area contributed by atoms with E-state index in [1.54, 1.807) is 36.4 Å². The zero-order valence-corrected chi connectivity index (χ0v) is 11.6. The fourth-order valence-corrected chi connectivity index (χ4v) is 3.04. The van der Waals surface area contributed by atoms with E-state index in [0.29, 0.717) is 11.2 Å². The summed E-state index contributed by atoms with van der Waals surface area (Å²) < 4.78 is 27.2. The lowest BCUT2D eigenvalue weighted by Crippen LogP contribution is -2.13. The van der Waals surface area contributed by atoms with Crippen LogP contribution in [-0.4, -0.2) is 18.4 Å². The Bertz CT molecular complexity index is 852. The highest BCUT2D eigenvalue weighted by Gasteiger charge is 2.15. The third-order valence-corrected chi connectivity index (χ3v) is 4.41. The predicted molar refractivity (Wildman–Crippen MR) is 78.1 cm³/mol. The summed E-state index contributed by atoms with van der Waals surface area (Å²) in [6, 6.07) is 12.0. The maximum atomic E-state index is 12.3. The van der Waals surface area contributed by atoms with Gasteiger partial charge in [0.05, 0.1) is 22.4 Å². The van der Waals surface area contributed by atoms with Gasteiger partial charge in [-0.25, -0.2) is 13.4 Å². The van der Waals surface area contributed by atoms with Crippen LogP contribution in [0.3, 0.4) is 0 Å². The molecular formula is C14H13N3O2S. The summed E-state index contributed by atoms with van der Waals surface area (Å²) in [7, 11) is -3.60. The average molecular weight is 287 g/mol. The Kier molecular flexibility index (Phi) is 2.94. The zero-order chi connectivity index (χ0) is 14.2. The average Bonchev–Trinajstić information content (AvgIpc) is 2.88. The molecule has 5 nitrogen and oxygen atoms in total. The van der Waals surface area contributed by atoms with Crippen molar-refractivity contribution in [2.45, 2.75) is 11.8 Å². The van der Waals surface area contributed by atoms with Gasteiger partial charge in [-0.05, 0) is 31.2 Å². The molecule has 102 valence electrons. The molecule has 0 aliphatic rings. The Hall–Kier alpha value is -2.34. The standard InChI is InChI=1S/C14H13N3O2S/c1-10-5-7-11(8-6-10)20(18,19)17-13-4-2-3-12-14(13)16-9-15-12/h2-9,17H,1H3,(H,15,16). The summed E-state index contributed by atoms with van der Waals surface area (Å²) in [4.78, 5) is 7.31. The van der Waals surface area contributed by atoms with E-state index in [-0.39, 0.29) is 4.90 Å². The van der Waals surface area contributed by atoms with Crippen molar-refractivity contribution in [2.24, 2.45) is 0 Å². The van der Waals surface area contributed by atoms with Crippen LogP contribution in [0.5, 0.6) is 0 Å². The highest BCUT2D eigenvalue weighted by Crippen LogP contribution is 2.23. The third-order valence-electron chi connectivity index (χ3n) is 3.03. The number of H-pyrrole nitrogens is 1. The van der Waals surface area contributed by atoms with E-state index in [0.717, 1.165) is 11.1 Å². The predicted octanol–water partition coefficient (Wildman–Crippen LogP) is 2.67. The molecule has 2 aromatic carbocycles. The van der Waals surface area contributed by atoms with Crippen molar-refractivity contribution >= 4 is 26.7 Å². The highest BCUT2D eigenvalue weighted by molar-refractivity contribution is 7.92. The number of imidazole rings is 1. The summed E-state index contributed by atoms with van der Waals surface area (Å²) in [5.74, 6) is 0. The number of sulfonamides is 1. The van der Waals surface area contributed by atoms with E-state index in [2.05, 4.69) is 14.7 Å². The number of nitrogens with one attached hydrogen (secondary N) is 2. The van der Waals surface area contributed by atoms with Crippen LogP contribution in [0.25, 0.3) is 11.0 Å². The van der Waals surface area contributed by atoms with E-state index in [1.165, 1.54) is 6.33 Å². The maximum Gasteiger partial charge on any atom is 0.261 e. The van der Waals surface area contributed by atoms with Crippen LogP contribution in [0.15, 0.2) is 53.7 Å². The van der Waals surface area contributed by atoms with Gasteiger partial charge in [0.2, 0.25) is 0 Å². The molecule has 0 bridgehead atoms. The van der Waals surface area contributed by atoms with Crippen LogP contribution >= 0.6 is 0 Å². The van der Waals surface area contributed by atoms with Crippen molar-refractivity contribution in [3.05, 3.63) is 54.4 Å². The zero-order valence-electron chi connectivity index (χ0n) is 10.8. The van der Waals surface area contributed by atoms with E-state index in [1.807, 2.05) is 13.0 Å². The Morgan fingerprint density at radius 1 is 1.10 bits per heavy atom. The van der Waals surface area contributed by atoms with E-state index < -0.39 is 10.0 Å². The molecular weight excluding hydrogens is 274 g/mol. The summed E-state index contributed by atoms with van der Waals surface area (Å²) >= 11 is 0. The molecule has 6 heteroatoms. The summed E-state index contributed by atoms with van der Waals surface area (Å²) in [6.07, 6.45) is 1.54. The molecule has 0 fully saturated rings. The minimum Gasteiger partial charge on any atom is -0.345 e. The molecule has 3 rings (SSSR count). The second-order valence-electron chi connectivity index (χ2n) is 4.52. The van der Waals surface area contributed by atoms with Gasteiger partial charge in [-0.15, -0.1) is 0 Å². The first-order valence-electron chi connectivity index (χ1n) is 6.08. The number of nitrogens with zero attached hydrogens (tertiary/aromatic N) is 1. The number of rotatable bonds is 3. The summed E-state index contributed by atoms with van der Waals surface area (Å²) in [5.41, 5.74) is 2.86. The molecule has 0 spiro atoms. The monoisotopic (exact) mass is 287 g/mol. The minimum absolute atomic E-state index is 0.232. The van der Waals surface area contributed by atoms with Crippen molar-refractivity contribution in [1.29, 1.82) is 0 Å². The molecule has 0 amide bonds. The van der Waals surface area contributed by atoms with Gasteiger partial charge in [0.1, 0.15) is 5.52 Å². The van der Waals surface area contributed by atoms with Crippen LogP contribution in [0, 0.1) is 6.92 Å². The van der Waals surface area contributed by atoms with E-state index >= 15 is 0 Å². The normalized spacial score (nSPS) is 11.7. The van der Waals surface area contributed by atoms with Gasteiger partial charge >= 0.3 is 0 Å². The molecule has 0 aliphatic heterocycles. The van der Waals surface area contributed by atoms with E-state index in [9.17, 15) is 8.42 Å². The van der Waals surface area contributed by atoms with Crippen LogP contribution < -0.4 is 4.72 Å². The lowest BCUT2D eigenvalue weighted by Gasteiger charge is -2.08. The fraction of sp³-hybridized carbons (Fsp3) is 0.0714. The number of aromatic amines is 1. The fourth-order valence-electron chi connectivity index (χ4n) is 1.97. The number of benzene rings is 2. The number of para-hydroxylation sites is 1. The van der Waals surface area contributed by atoms with Crippen molar-refractivity contribution < 1.29 is 8.42 Å². The Morgan fingerprint density at radius 3 is 2.60 bits per heavy atom. The van der Waals surface area contributed by atoms with Crippen molar-refractivity contribution in [3.63, 3.8) is 0 Å². The van der Waals surface area contributed by atoms with Gasteiger partial charge in [0.15, 0.2) is 0 Å². The molecule has 0 aliphatic carbocycles. The van der Waals surface area contributed by atoms with Gasteiger partial charge in [0.25, 0.3) is 10.0 Å². The van der Waals surface area contributed by atoms with Gasteiger partial charge < -0.3 is 4.98 Å². The lowest BCUT2D eigenvalue weighted by molar-refractivity contribution is 0.601. The second kappa shape index (κ2) is 4.64. The van der Waals surface area contributed by atoms with Crippen molar-refractivity contribution in [1.82, 2.24) is 9.97 Å². The van der Waals surface area contributed by atoms with Crippen LogP contribution in [0.1, 0.15) is 5.56 Å². The Balaban J connectivity index is 2.01. The quantitative estimate of drug-likeness (QED) is 0.777. The van der Waals surface area contributed by atoms with Gasteiger partial charge in [0, 0.05) is 0 Å². The van der Waals surface area contributed by atoms with Gasteiger partial charge in [-0.2, -0.15) is 0 Å². The molecule has 0 unspecified atom stereocenters. The molecule has 1 aromatic heterocycles. The first-order valence-corrected chi connectivity index (χ1v) is 7.56. The van der Waals surface area contributed by atoms with Crippen molar-refractivity contribution in [2.75, 3.05) is 4.72 Å². The van der Waals surface area contributed by atoms with Gasteiger partial charge in [-0.1, -0.05) is 23.8 Å². The largest absolute Gasteiger partial charge is 0.345 e. The van der Waals surface area contributed by atoms with E-state index in [4.69, 9.17) is 0 Å². The SMILES string of the molecule is Cc1ccc(S(=O)(=O)Nc2cccc3[nH]cnc23)cc1. The van der Waals surface area contributed by atoms with Crippen molar-refractivity contribution in [3.8, 4) is 0 Å². The first kappa shape index (κ1) is 12.7. The number of aromatic nitrogens is 2. The minimum atomic E-state index is -3.60. The molecule has 20 heavy (non-hydrogen) atoms. The topological polar surface area (TPSA) is 74.8 Å². The molecule has 0 radical (unpaired) electrons. The number of hydrogen-bond donors (Lipinski definition) is 2. The molecule has 0 saturated heterocycles. The molecule has 0 atom stereocenters. The molecule has 3 aromatic rings. The van der Waals surface area contributed by atoms with Gasteiger partial charge in [-0.3, -0.25) is 4.72 Å². The summed E-state index contributed by atoms with van der Waals surface area (Å²) in [6.45, 7) is 1.91. The van der Waals surface area contributed by atoms with Crippen LogP contribution in [0.2, 0.25) is 0 Å². The number of fused-ring (bicyclic) bond motifs is 1. The molecule has 0 saturated carbocycles. The van der Waals surface area contributed by atoms with Crippen LogP contribution in [-0.2, 0) is 10.0 Å². The number of anilines is 1. The lowest BCUT2D eigenvalue weighted by atomic mass is 10.2. The first-order chi connectivity index (χ1) is 9.56. The Labute approximate surface area is 116 Å². The highest BCUT2D eigenvalue weighted by atomic mass is 32.2. The second-order valence-corrected chi connectivity index (χ2v) is 6.21. The third kappa shape index (κ3) is 2.25. The summed E-state index contributed by atoms with van der Waals surface area (Å²) in [5, 5.41) is 0. The maximum absolute atomic E-state index is 12.3. The number of aryl methyl sites for hydroxylation is 1. The number of hydrogen-bond acceptors (Lipinski definition) is 3. The smallest absolute Gasteiger partial charge is 0.261 e. The Morgan fingerprint density at radius 2 is 1.85 bits per heavy atom. The molecule has 1 heterocycles. The molecule has 2 N–H and O–H groups in total.